The van der Waals surface area contributed by atoms with Crippen molar-refractivity contribution in [2.24, 2.45) is 0 Å². The molecule has 0 amide bonds. The Balaban J connectivity index is 1.26. The van der Waals surface area contributed by atoms with E-state index in [1.807, 2.05) is 72.8 Å². The number of hydrogen-bond donors (Lipinski definition) is 0. The highest BCUT2D eigenvalue weighted by Gasteiger charge is 2.52. The predicted octanol–water partition coefficient (Wildman–Crippen LogP) is 13.6. The minimum Gasteiger partial charge on any atom is -0.310 e. The number of benzene rings is 9. The first-order chi connectivity index (χ1) is 31.0. The van der Waals surface area contributed by atoms with Crippen molar-refractivity contribution < 1.29 is 0 Å². The SMILES string of the molecule is N#Cc1cccc(N(c2cccc(C#N)c2)c2ccc3c(c2)C2(c4ccccc4-c4ccccc42)c2cc(N(c4cccc(C#N)c4)c4cccc(C#N)c4)c4ccccc4c2-3)c1. The van der Waals surface area contributed by atoms with E-state index in [0.29, 0.717) is 22.3 Å². The van der Waals surface area contributed by atoms with Crippen LogP contribution in [0, 0.1) is 45.3 Å². The molecule has 6 nitrogen and oxygen atoms in total. The Morgan fingerprint density at radius 1 is 0.317 bits per heavy atom. The molecule has 0 aliphatic heterocycles. The van der Waals surface area contributed by atoms with Gasteiger partial charge in [-0.25, -0.2) is 0 Å². The summed E-state index contributed by atoms with van der Waals surface area (Å²) in [6.45, 7) is 0. The van der Waals surface area contributed by atoms with Gasteiger partial charge in [0.1, 0.15) is 0 Å². The van der Waals surface area contributed by atoms with Crippen LogP contribution >= 0.6 is 0 Å². The summed E-state index contributed by atoms with van der Waals surface area (Å²) in [7, 11) is 0. The first-order valence-electron chi connectivity index (χ1n) is 20.6. The molecule has 0 saturated carbocycles. The molecule has 0 N–H and O–H groups in total. The zero-order chi connectivity index (χ0) is 42.7. The van der Waals surface area contributed by atoms with Crippen LogP contribution in [0.2, 0.25) is 0 Å². The average molecular weight is 801 g/mol. The van der Waals surface area contributed by atoms with Crippen LogP contribution in [-0.2, 0) is 5.41 Å². The fourth-order valence-electron chi connectivity index (χ4n) is 10.0. The molecule has 0 radical (unpaired) electrons. The van der Waals surface area contributed by atoms with Crippen LogP contribution in [0.15, 0.2) is 194 Å². The number of anilines is 6. The summed E-state index contributed by atoms with van der Waals surface area (Å²) >= 11 is 0. The summed E-state index contributed by atoms with van der Waals surface area (Å²) in [5.41, 5.74) is 15.4. The van der Waals surface area contributed by atoms with Gasteiger partial charge in [0.05, 0.1) is 57.6 Å². The lowest BCUT2D eigenvalue weighted by Gasteiger charge is -2.34. The summed E-state index contributed by atoms with van der Waals surface area (Å²) < 4.78 is 0. The molecule has 0 aromatic heterocycles. The zero-order valence-corrected chi connectivity index (χ0v) is 33.7. The van der Waals surface area contributed by atoms with Gasteiger partial charge < -0.3 is 9.80 Å². The third kappa shape index (κ3) is 5.54. The van der Waals surface area contributed by atoms with Gasteiger partial charge in [-0.2, -0.15) is 21.0 Å². The molecule has 0 heterocycles. The zero-order valence-electron chi connectivity index (χ0n) is 33.7. The monoisotopic (exact) mass is 800 g/mol. The molecular weight excluding hydrogens is 769 g/mol. The molecule has 63 heavy (non-hydrogen) atoms. The smallest absolute Gasteiger partial charge is 0.0992 e. The lowest BCUT2D eigenvalue weighted by molar-refractivity contribution is 0.794. The largest absolute Gasteiger partial charge is 0.310 e. The maximum Gasteiger partial charge on any atom is 0.0992 e. The van der Waals surface area contributed by atoms with Crippen molar-refractivity contribution in [2.45, 2.75) is 5.41 Å². The highest BCUT2D eigenvalue weighted by molar-refractivity contribution is 6.12. The van der Waals surface area contributed by atoms with Gasteiger partial charge in [-0.05, 0) is 141 Å². The molecule has 290 valence electrons. The van der Waals surface area contributed by atoms with E-state index in [1.54, 1.807) is 24.3 Å². The third-order valence-electron chi connectivity index (χ3n) is 12.5. The molecule has 11 rings (SSSR count). The van der Waals surface area contributed by atoms with Gasteiger partial charge in [0.15, 0.2) is 0 Å². The third-order valence-corrected chi connectivity index (χ3v) is 12.5. The molecule has 0 fully saturated rings. The number of fused-ring (bicyclic) bond motifs is 12. The van der Waals surface area contributed by atoms with E-state index in [1.165, 1.54) is 11.1 Å². The van der Waals surface area contributed by atoms with Gasteiger partial charge >= 0.3 is 0 Å². The molecule has 0 saturated heterocycles. The molecule has 0 atom stereocenters. The minimum atomic E-state index is -0.782. The number of nitriles is 4. The first-order valence-corrected chi connectivity index (χ1v) is 20.6. The van der Waals surface area contributed by atoms with Crippen molar-refractivity contribution in [3.63, 3.8) is 0 Å². The minimum absolute atomic E-state index is 0.527. The van der Waals surface area contributed by atoms with Crippen molar-refractivity contribution in [1.82, 2.24) is 0 Å². The molecule has 0 bridgehead atoms. The quantitative estimate of drug-likeness (QED) is 0.166. The van der Waals surface area contributed by atoms with E-state index in [0.717, 1.165) is 78.3 Å². The maximum absolute atomic E-state index is 10.1. The van der Waals surface area contributed by atoms with Crippen LogP contribution in [-0.4, -0.2) is 0 Å². The Bertz CT molecular complexity index is 3400. The summed E-state index contributed by atoms with van der Waals surface area (Å²) in [6, 6.07) is 74.6. The fraction of sp³-hybridized carbons (Fsp3) is 0.0175. The predicted molar refractivity (Wildman–Crippen MR) is 248 cm³/mol. The second kappa shape index (κ2) is 14.5. The molecular formula is C57H32N6. The van der Waals surface area contributed by atoms with E-state index in [9.17, 15) is 21.0 Å². The van der Waals surface area contributed by atoms with Crippen molar-refractivity contribution in [1.29, 1.82) is 21.0 Å². The highest BCUT2D eigenvalue weighted by atomic mass is 15.1. The highest BCUT2D eigenvalue weighted by Crippen LogP contribution is 2.65. The van der Waals surface area contributed by atoms with E-state index in [2.05, 4.69) is 131 Å². The fourth-order valence-corrected chi connectivity index (χ4v) is 10.0. The maximum atomic E-state index is 10.1. The normalized spacial score (nSPS) is 12.2. The van der Waals surface area contributed by atoms with Crippen LogP contribution in [0.5, 0.6) is 0 Å². The molecule has 9 aromatic rings. The van der Waals surface area contributed by atoms with Crippen molar-refractivity contribution in [3.05, 3.63) is 239 Å². The lowest BCUT2D eigenvalue weighted by Crippen LogP contribution is -2.26. The summed E-state index contributed by atoms with van der Waals surface area (Å²) in [5, 5.41) is 42.3. The second-order valence-corrected chi connectivity index (χ2v) is 15.8. The van der Waals surface area contributed by atoms with Crippen molar-refractivity contribution in [2.75, 3.05) is 9.80 Å². The number of hydrogen-bond acceptors (Lipinski definition) is 6. The van der Waals surface area contributed by atoms with Crippen LogP contribution in [0.3, 0.4) is 0 Å². The Kier molecular flexibility index (Phi) is 8.49. The summed E-state index contributed by atoms with van der Waals surface area (Å²) in [5.74, 6) is 0. The Labute approximate surface area is 364 Å². The molecule has 0 unspecified atom stereocenters. The van der Waals surface area contributed by atoms with Crippen LogP contribution < -0.4 is 9.80 Å². The topological polar surface area (TPSA) is 102 Å². The lowest BCUT2D eigenvalue weighted by atomic mass is 9.70. The average Bonchev–Trinajstić information content (AvgIpc) is 3.81. The van der Waals surface area contributed by atoms with E-state index >= 15 is 0 Å². The van der Waals surface area contributed by atoms with Crippen LogP contribution in [0.4, 0.5) is 34.1 Å². The van der Waals surface area contributed by atoms with Gasteiger partial charge in [0, 0.05) is 33.8 Å². The molecule has 1 spiro atoms. The van der Waals surface area contributed by atoms with E-state index in [4.69, 9.17) is 0 Å². The van der Waals surface area contributed by atoms with Gasteiger partial charge in [0.25, 0.3) is 0 Å². The van der Waals surface area contributed by atoms with Crippen molar-refractivity contribution >= 4 is 44.9 Å². The molecule has 9 aromatic carbocycles. The van der Waals surface area contributed by atoms with Gasteiger partial charge in [-0.15, -0.1) is 0 Å². The second-order valence-electron chi connectivity index (χ2n) is 15.8. The Morgan fingerprint density at radius 3 is 1.24 bits per heavy atom. The summed E-state index contributed by atoms with van der Waals surface area (Å²) in [6.07, 6.45) is 0. The Morgan fingerprint density at radius 2 is 0.746 bits per heavy atom. The van der Waals surface area contributed by atoms with Crippen molar-refractivity contribution in [3.8, 4) is 46.5 Å². The summed E-state index contributed by atoms with van der Waals surface area (Å²) in [4.78, 5) is 4.30. The van der Waals surface area contributed by atoms with E-state index in [-0.39, 0.29) is 0 Å². The van der Waals surface area contributed by atoms with E-state index < -0.39 is 5.41 Å². The van der Waals surface area contributed by atoms with Crippen LogP contribution in [0.1, 0.15) is 44.5 Å². The van der Waals surface area contributed by atoms with Gasteiger partial charge in [-0.3, -0.25) is 0 Å². The molecule has 2 aliphatic carbocycles. The number of nitrogens with zero attached hydrogens (tertiary/aromatic N) is 6. The molecule has 6 heteroatoms. The Hall–Kier alpha value is -9.20. The first kappa shape index (κ1) is 36.8. The standard InChI is InChI=1S/C57H32N6/c58-33-37-11-7-15-41(27-37)62(42-16-8-12-38(28-42)34-59)45-25-26-50-53(31-45)57(51-23-5-3-19-46(51)47-20-4-6-24-52(47)57)54-32-55(48-21-1-2-22-49(48)56(50)54)63(43-17-9-13-39(29-43)35-60)44-18-10-14-40(30-44)36-61/h1-32H. The van der Waals surface area contributed by atoms with Crippen LogP contribution in [0.25, 0.3) is 33.0 Å². The van der Waals surface area contributed by atoms with Gasteiger partial charge in [-0.1, -0.05) is 103 Å². The number of rotatable bonds is 6. The van der Waals surface area contributed by atoms with Gasteiger partial charge in [0.2, 0.25) is 0 Å². The molecule has 2 aliphatic rings.